The smallest absolute Gasteiger partial charge is 0.252 e. The zero-order valence-corrected chi connectivity index (χ0v) is 17.9. The summed E-state index contributed by atoms with van der Waals surface area (Å²) in [6.07, 6.45) is -0.535. The highest BCUT2D eigenvalue weighted by atomic mass is 32.2. The van der Waals surface area contributed by atoms with E-state index in [1.165, 1.54) is 0 Å². The monoisotopic (exact) mass is 433 g/mol. The van der Waals surface area contributed by atoms with Crippen molar-refractivity contribution in [3.05, 3.63) is 11.3 Å². The molecule has 0 unspecified atom stereocenters. The Morgan fingerprint density at radius 2 is 1.90 bits per heavy atom. The molecule has 1 saturated heterocycles. The number of piperazine rings is 1. The summed E-state index contributed by atoms with van der Waals surface area (Å²) >= 11 is 0. The van der Waals surface area contributed by atoms with Crippen molar-refractivity contribution in [3.63, 3.8) is 0 Å². The van der Waals surface area contributed by atoms with Gasteiger partial charge in [0.25, 0.3) is 5.92 Å². The normalized spacial score (nSPS) is 20.0. The van der Waals surface area contributed by atoms with Crippen LogP contribution in [0.4, 0.5) is 14.7 Å². The summed E-state index contributed by atoms with van der Waals surface area (Å²) in [4.78, 5) is 13.2. The summed E-state index contributed by atoms with van der Waals surface area (Å²) in [6.45, 7) is 6.43. The second-order valence-electron chi connectivity index (χ2n) is 7.91. The number of hydrogen-bond donors (Lipinski definition) is 1. The number of nitrogens with zero attached hydrogens (tertiary/aromatic N) is 4. The summed E-state index contributed by atoms with van der Waals surface area (Å²) in [7, 11) is -1.37. The van der Waals surface area contributed by atoms with Crippen LogP contribution in [0.25, 0.3) is 0 Å². The van der Waals surface area contributed by atoms with Gasteiger partial charge in [-0.25, -0.2) is 26.9 Å². The minimum absolute atomic E-state index is 0.00313. The summed E-state index contributed by atoms with van der Waals surface area (Å²) < 4.78 is 59.8. The fraction of sp³-hybridized carbons (Fsp3) is 0.778. The van der Waals surface area contributed by atoms with Crippen LogP contribution in [0.2, 0.25) is 0 Å². The Balaban J connectivity index is 1.77. The van der Waals surface area contributed by atoms with Crippen molar-refractivity contribution in [1.82, 2.24) is 19.6 Å². The lowest BCUT2D eigenvalue weighted by molar-refractivity contribution is -0.0137. The molecule has 1 fully saturated rings. The molecule has 0 amide bonds. The first-order valence-corrected chi connectivity index (χ1v) is 11.4. The molecule has 1 aromatic heterocycles. The van der Waals surface area contributed by atoms with Gasteiger partial charge in [-0.3, -0.25) is 0 Å². The quantitative estimate of drug-likeness (QED) is 0.644. The second-order valence-corrected chi connectivity index (χ2v) is 10.2. The maximum atomic E-state index is 14.0. The molecule has 1 aliphatic heterocycles. The van der Waals surface area contributed by atoms with Crippen LogP contribution >= 0.6 is 0 Å². The van der Waals surface area contributed by atoms with Gasteiger partial charge in [0.1, 0.15) is 6.61 Å². The molecule has 0 spiro atoms. The molecule has 3 rings (SSSR count). The van der Waals surface area contributed by atoms with Gasteiger partial charge in [-0.15, -0.1) is 0 Å². The number of ether oxygens (including phenoxy) is 1. The number of alkyl halides is 2. The lowest BCUT2D eigenvalue weighted by Crippen LogP contribution is -2.45. The van der Waals surface area contributed by atoms with Crippen molar-refractivity contribution in [1.29, 1.82) is 0 Å². The van der Waals surface area contributed by atoms with Crippen molar-refractivity contribution in [2.24, 2.45) is 0 Å². The van der Waals surface area contributed by atoms with Crippen molar-refractivity contribution in [2.45, 2.75) is 44.3 Å². The Bertz CT molecular complexity index is 827. The predicted octanol–water partition coefficient (Wildman–Crippen LogP) is 1.06. The minimum Gasteiger partial charge on any atom is -0.476 e. The van der Waals surface area contributed by atoms with Gasteiger partial charge in [0.15, 0.2) is 0 Å². The number of aromatic nitrogens is 2. The van der Waals surface area contributed by atoms with Gasteiger partial charge < -0.3 is 14.5 Å². The molecule has 2 aliphatic rings. The van der Waals surface area contributed by atoms with Crippen molar-refractivity contribution in [2.75, 3.05) is 51.3 Å². The standard InChI is InChI=1S/C18H29F2N5O3S/c1-13(2)29(26,27)21-6-11-28-16-14-12-18(19,20)5-4-15(14)22-17(23-16)25-9-7-24(3)8-10-25/h13,21H,4-12H2,1-3H3. The van der Waals surface area contributed by atoms with Gasteiger partial charge in [0.05, 0.1) is 10.9 Å². The van der Waals surface area contributed by atoms with Crippen LogP contribution in [-0.2, 0) is 22.9 Å². The topological polar surface area (TPSA) is 87.7 Å². The van der Waals surface area contributed by atoms with E-state index >= 15 is 0 Å². The molecule has 0 aromatic carbocycles. The average Bonchev–Trinajstić information content (AvgIpc) is 2.65. The summed E-state index contributed by atoms with van der Waals surface area (Å²) in [6, 6.07) is 0. The summed E-state index contributed by atoms with van der Waals surface area (Å²) in [5.74, 6) is -2.20. The zero-order valence-electron chi connectivity index (χ0n) is 17.1. The minimum atomic E-state index is -3.41. The molecule has 1 aliphatic carbocycles. The molecule has 164 valence electrons. The number of anilines is 1. The number of sulfonamides is 1. The lowest BCUT2D eigenvalue weighted by atomic mass is 9.93. The van der Waals surface area contributed by atoms with E-state index < -0.39 is 27.6 Å². The van der Waals surface area contributed by atoms with Crippen LogP contribution in [0, 0.1) is 0 Å². The number of rotatable bonds is 7. The fourth-order valence-corrected chi connectivity index (χ4v) is 3.99. The van der Waals surface area contributed by atoms with Crippen LogP contribution < -0.4 is 14.4 Å². The Kier molecular flexibility index (Phi) is 6.59. The van der Waals surface area contributed by atoms with Gasteiger partial charge in [-0.2, -0.15) is 4.98 Å². The van der Waals surface area contributed by atoms with E-state index in [0.29, 0.717) is 17.2 Å². The van der Waals surface area contributed by atoms with E-state index in [0.717, 1.165) is 26.2 Å². The highest BCUT2D eigenvalue weighted by molar-refractivity contribution is 7.90. The Morgan fingerprint density at radius 1 is 1.21 bits per heavy atom. The van der Waals surface area contributed by atoms with Crippen LogP contribution in [0.15, 0.2) is 0 Å². The van der Waals surface area contributed by atoms with E-state index in [-0.39, 0.29) is 31.9 Å². The summed E-state index contributed by atoms with van der Waals surface area (Å²) in [5, 5.41) is -0.558. The Labute approximate surface area is 170 Å². The zero-order chi connectivity index (χ0) is 21.2. The second kappa shape index (κ2) is 8.65. The van der Waals surface area contributed by atoms with E-state index in [4.69, 9.17) is 4.74 Å². The number of hydrogen-bond acceptors (Lipinski definition) is 7. The van der Waals surface area contributed by atoms with E-state index in [9.17, 15) is 17.2 Å². The fourth-order valence-electron chi connectivity index (χ4n) is 3.29. The predicted molar refractivity (Wildman–Crippen MR) is 106 cm³/mol. The molecule has 1 N–H and O–H groups in total. The molecule has 2 heterocycles. The van der Waals surface area contributed by atoms with Crippen LogP contribution in [0.5, 0.6) is 5.88 Å². The van der Waals surface area contributed by atoms with Gasteiger partial charge in [-0.1, -0.05) is 0 Å². The lowest BCUT2D eigenvalue weighted by Gasteiger charge is -2.33. The van der Waals surface area contributed by atoms with Crippen molar-refractivity contribution < 1.29 is 21.9 Å². The highest BCUT2D eigenvalue weighted by Gasteiger charge is 2.37. The Hall–Kier alpha value is -1.59. The molecule has 0 radical (unpaired) electrons. The third-order valence-corrected chi connectivity index (χ3v) is 7.10. The molecule has 8 nitrogen and oxygen atoms in total. The highest BCUT2D eigenvalue weighted by Crippen LogP contribution is 2.37. The average molecular weight is 434 g/mol. The van der Waals surface area contributed by atoms with Gasteiger partial charge in [-0.05, 0) is 27.3 Å². The largest absolute Gasteiger partial charge is 0.476 e. The third-order valence-electron chi connectivity index (χ3n) is 5.26. The molecule has 11 heteroatoms. The van der Waals surface area contributed by atoms with Gasteiger partial charge in [0, 0.05) is 51.1 Å². The van der Waals surface area contributed by atoms with Crippen molar-refractivity contribution >= 4 is 16.0 Å². The maximum Gasteiger partial charge on any atom is 0.252 e. The number of fused-ring (bicyclic) bond motifs is 1. The molecule has 0 saturated carbocycles. The first kappa shape index (κ1) is 22.1. The van der Waals surface area contributed by atoms with E-state index in [1.807, 2.05) is 11.9 Å². The van der Waals surface area contributed by atoms with Crippen LogP contribution in [0.1, 0.15) is 31.5 Å². The molecule has 0 atom stereocenters. The Morgan fingerprint density at radius 3 is 2.55 bits per heavy atom. The molecular formula is C18H29F2N5O3S. The van der Waals surface area contributed by atoms with Gasteiger partial charge in [0.2, 0.25) is 21.9 Å². The molecule has 1 aromatic rings. The van der Waals surface area contributed by atoms with Gasteiger partial charge >= 0.3 is 0 Å². The van der Waals surface area contributed by atoms with E-state index in [2.05, 4.69) is 19.6 Å². The SMILES string of the molecule is CC(C)S(=O)(=O)NCCOc1nc(N2CCN(C)CC2)nc2c1CC(F)(F)CC2. The number of halogens is 2. The van der Waals surface area contributed by atoms with Crippen molar-refractivity contribution in [3.8, 4) is 5.88 Å². The molecular weight excluding hydrogens is 404 g/mol. The number of nitrogens with one attached hydrogen (secondary N) is 1. The maximum absolute atomic E-state index is 14.0. The molecule has 29 heavy (non-hydrogen) atoms. The van der Waals surface area contributed by atoms with E-state index in [1.54, 1.807) is 13.8 Å². The van der Waals surface area contributed by atoms with Crippen LogP contribution in [-0.4, -0.2) is 80.8 Å². The molecule has 0 bridgehead atoms. The summed E-state index contributed by atoms with van der Waals surface area (Å²) in [5.41, 5.74) is 0.920. The number of aryl methyl sites for hydroxylation is 1. The third kappa shape index (κ3) is 5.52. The van der Waals surface area contributed by atoms with Crippen LogP contribution in [0.3, 0.4) is 0 Å². The first-order valence-electron chi connectivity index (χ1n) is 9.90. The first-order chi connectivity index (χ1) is 13.6. The number of likely N-dealkylation sites (N-methyl/N-ethyl adjacent to an activating group) is 1.